The van der Waals surface area contributed by atoms with Crippen molar-refractivity contribution >= 4 is 17.3 Å². The Morgan fingerprint density at radius 1 is 1.29 bits per heavy atom. The van der Waals surface area contributed by atoms with E-state index in [0.29, 0.717) is 22.5 Å². The molecular weight excluding hydrogens is 264 g/mol. The van der Waals surface area contributed by atoms with Crippen molar-refractivity contribution in [3.8, 4) is 6.07 Å². The van der Waals surface area contributed by atoms with Gasteiger partial charge in [-0.2, -0.15) is 5.26 Å². The van der Waals surface area contributed by atoms with Crippen LogP contribution in [0.3, 0.4) is 0 Å². The number of amides is 1. The number of benzene rings is 1. The molecule has 0 unspecified atom stereocenters. The van der Waals surface area contributed by atoms with Crippen LogP contribution in [0.4, 0.5) is 11.4 Å². The van der Waals surface area contributed by atoms with Crippen molar-refractivity contribution in [1.82, 2.24) is 4.98 Å². The summed E-state index contributed by atoms with van der Waals surface area (Å²) >= 11 is 0. The highest BCUT2D eigenvalue weighted by Crippen LogP contribution is 2.18. The molecule has 5 nitrogen and oxygen atoms in total. The largest absolute Gasteiger partial charge is 0.383 e. The molecule has 2 rings (SSSR count). The molecule has 21 heavy (non-hydrogen) atoms. The lowest BCUT2D eigenvalue weighted by molar-refractivity contribution is 0.102. The molecule has 0 radical (unpaired) electrons. The lowest BCUT2D eigenvalue weighted by Crippen LogP contribution is -2.16. The van der Waals surface area contributed by atoms with Crippen LogP contribution in [-0.2, 0) is 0 Å². The van der Waals surface area contributed by atoms with Gasteiger partial charge in [0.2, 0.25) is 0 Å². The van der Waals surface area contributed by atoms with Crippen LogP contribution in [0.5, 0.6) is 0 Å². The van der Waals surface area contributed by atoms with E-state index in [1.165, 1.54) is 0 Å². The average Bonchev–Trinajstić information content (AvgIpc) is 2.53. The molecule has 2 N–H and O–H groups in total. The molecule has 0 aliphatic carbocycles. The second-order valence-corrected chi connectivity index (χ2v) is 4.46. The number of nitriles is 1. The van der Waals surface area contributed by atoms with Crippen LogP contribution in [-0.4, -0.2) is 17.4 Å². The number of hydrogen-bond acceptors (Lipinski definition) is 4. The van der Waals surface area contributed by atoms with Gasteiger partial charge in [0, 0.05) is 12.7 Å². The maximum absolute atomic E-state index is 12.4. The van der Waals surface area contributed by atoms with Gasteiger partial charge in [-0.25, -0.2) is 0 Å². The maximum Gasteiger partial charge on any atom is 0.257 e. The Labute approximate surface area is 123 Å². The number of para-hydroxylation sites is 1. The minimum absolute atomic E-state index is 0.265. The van der Waals surface area contributed by atoms with E-state index in [1.54, 1.807) is 42.7 Å². The predicted molar refractivity (Wildman–Crippen MR) is 82.1 cm³/mol. The van der Waals surface area contributed by atoms with E-state index in [-0.39, 0.29) is 5.91 Å². The Hall–Kier alpha value is -2.87. The van der Waals surface area contributed by atoms with Gasteiger partial charge >= 0.3 is 0 Å². The molecule has 0 aliphatic rings. The first kappa shape index (κ1) is 14.5. The Balaban J connectivity index is 2.23. The summed E-state index contributed by atoms with van der Waals surface area (Å²) in [5, 5.41) is 15.0. The van der Waals surface area contributed by atoms with Crippen LogP contribution < -0.4 is 10.6 Å². The molecule has 0 aliphatic heterocycles. The molecule has 1 aromatic heterocycles. The lowest BCUT2D eigenvalue weighted by atomic mass is 10.1. The van der Waals surface area contributed by atoms with Gasteiger partial charge in [0.1, 0.15) is 6.07 Å². The average molecular weight is 280 g/mol. The van der Waals surface area contributed by atoms with E-state index in [1.807, 2.05) is 6.92 Å². The lowest BCUT2D eigenvalue weighted by Gasteiger charge is -2.11. The number of aromatic nitrogens is 1. The van der Waals surface area contributed by atoms with Crippen molar-refractivity contribution in [3.63, 3.8) is 0 Å². The van der Waals surface area contributed by atoms with Crippen LogP contribution >= 0.6 is 0 Å². The molecule has 0 atom stereocenters. The van der Waals surface area contributed by atoms with E-state index in [4.69, 9.17) is 5.26 Å². The number of rotatable bonds is 5. The van der Waals surface area contributed by atoms with E-state index < -0.39 is 0 Å². The third-order valence-electron chi connectivity index (χ3n) is 2.93. The standard InChI is InChI=1S/C16H16N4O/c1-2-8-19-15-11-18-9-7-13(15)16(21)20-14-6-4-3-5-12(14)10-17/h3-7,9,11,19H,2,8H2,1H3,(H,20,21). The van der Waals surface area contributed by atoms with E-state index >= 15 is 0 Å². The normalized spacial score (nSPS) is 9.71. The quantitative estimate of drug-likeness (QED) is 0.882. The molecule has 0 bridgehead atoms. The van der Waals surface area contributed by atoms with Crippen LogP contribution in [0.1, 0.15) is 29.3 Å². The molecule has 1 amide bonds. The highest BCUT2D eigenvalue weighted by molar-refractivity contribution is 6.08. The van der Waals surface area contributed by atoms with Crippen LogP contribution in [0.15, 0.2) is 42.7 Å². The first-order valence-corrected chi connectivity index (χ1v) is 6.74. The Morgan fingerprint density at radius 3 is 2.86 bits per heavy atom. The van der Waals surface area contributed by atoms with Crippen molar-refractivity contribution in [2.75, 3.05) is 17.2 Å². The number of carbonyl (C=O) groups excluding carboxylic acids is 1. The van der Waals surface area contributed by atoms with Crippen LogP contribution in [0, 0.1) is 11.3 Å². The first-order chi connectivity index (χ1) is 10.3. The van der Waals surface area contributed by atoms with Crippen molar-refractivity contribution in [2.45, 2.75) is 13.3 Å². The summed E-state index contributed by atoms with van der Waals surface area (Å²) in [7, 11) is 0. The molecule has 0 saturated carbocycles. The summed E-state index contributed by atoms with van der Waals surface area (Å²) < 4.78 is 0. The highest BCUT2D eigenvalue weighted by atomic mass is 16.1. The molecule has 1 aromatic carbocycles. The molecule has 0 spiro atoms. The van der Waals surface area contributed by atoms with Gasteiger partial charge in [0.25, 0.3) is 5.91 Å². The second kappa shape index (κ2) is 7.06. The summed E-state index contributed by atoms with van der Waals surface area (Å²) in [5.41, 5.74) is 2.13. The summed E-state index contributed by atoms with van der Waals surface area (Å²) in [4.78, 5) is 16.4. The fraction of sp³-hybridized carbons (Fsp3) is 0.188. The molecule has 106 valence electrons. The summed E-state index contributed by atoms with van der Waals surface area (Å²) in [6.07, 6.45) is 4.15. The van der Waals surface area contributed by atoms with Gasteiger partial charge in [0.05, 0.1) is 28.7 Å². The summed E-state index contributed by atoms with van der Waals surface area (Å²) in [5.74, 6) is -0.265. The molecule has 0 fully saturated rings. The molecule has 5 heteroatoms. The van der Waals surface area contributed by atoms with E-state index in [2.05, 4.69) is 21.7 Å². The minimum Gasteiger partial charge on any atom is -0.383 e. The monoisotopic (exact) mass is 280 g/mol. The van der Waals surface area contributed by atoms with Crippen LogP contribution in [0.2, 0.25) is 0 Å². The molecular formula is C16H16N4O. The van der Waals surface area contributed by atoms with Crippen molar-refractivity contribution in [1.29, 1.82) is 5.26 Å². The van der Waals surface area contributed by atoms with E-state index in [0.717, 1.165) is 13.0 Å². The molecule has 2 aromatic rings. The summed E-state index contributed by atoms with van der Waals surface area (Å²) in [6.45, 7) is 2.81. The minimum atomic E-state index is -0.265. The predicted octanol–water partition coefficient (Wildman–Crippen LogP) is 3.03. The van der Waals surface area contributed by atoms with Gasteiger partial charge in [-0.3, -0.25) is 9.78 Å². The molecule has 0 saturated heterocycles. The zero-order chi connectivity index (χ0) is 15.1. The van der Waals surface area contributed by atoms with Gasteiger partial charge in [-0.15, -0.1) is 0 Å². The van der Waals surface area contributed by atoms with Gasteiger partial charge < -0.3 is 10.6 Å². The van der Waals surface area contributed by atoms with Crippen molar-refractivity contribution in [2.24, 2.45) is 0 Å². The number of hydrogen-bond donors (Lipinski definition) is 2. The maximum atomic E-state index is 12.4. The Kier molecular flexibility index (Phi) is 4.89. The smallest absolute Gasteiger partial charge is 0.257 e. The topological polar surface area (TPSA) is 77.8 Å². The summed E-state index contributed by atoms with van der Waals surface area (Å²) in [6, 6.07) is 10.6. The third kappa shape index (κ3) is 3.57. The highest BCUT2D eigenvalue weighted by Gasteiger charge is 2.12. The number of nitrogens with zero attached hydrogens (tertiary/aromatic N) is 2. The van der Waals surface area contributed by atoms with E-state index in [9.17, 15) is 4.79 Å². The number of carbonyl (C=O) groups is 1. The van der Waals surface area contributed by atoms with Gasteiger partial charge in [-0.05, 0) is 24.6 Å². The second-order valence-electron chi connectivity index (χ2n) is 4.46. The van der Waals surface area contributed by atoms with Crippen molar-refractivity contribution in [3.05, 3.63) is 53.9 Å². The van der Waals surface area contributed by atoms with Crippen molar-refractivity contribution < 1.29 is 4.79 Å². The Morgan fingerprint density at radius 2 is 2.10 bits per heavy atom. The fourth-order valence-corrected chi connectivity index (χ4v) is 1.87. The number of pyridine rings is 1. The zero-order valence-electron chi connectivity index (χ0n) is 11.8. The van der Waals surface area contributed by atoms with Gasteiger partial charge in [0.15, 0.2) is 0 Å². The SMILES string of the molecule is CCCNc1cnccc1C(=O)Nc1ccccc1C#N. The third-order valence-corrected chi connectivity index (χ3v) is 2.93. The van der Waals surface area contributed by atoms with Crippen LogP contribution in [0.25, 0.3) is 0 Å². The fourth-order valence-electron chi connectivity index (χ4n) is 1.87. The zero-order valence-corrected chi connectivity index (χ0v) is 11.8. The number of nitrogens with one attached hydrogen (secondary N) is 2. The van der Waals surface area contributed by atoms with Gasteiger partial charge in [-0.1, -0.05) is 19.1 Å². The molecule has 1 heterocycles. The first-order valence-electron chi connectivity index (χ1n) is 6.74. The Bertz CT molecular complexity index is 676. The number of anilines is 2.